The topological polar surface area (TPSA) is 72.3 Å². The van der Waals surface area contributed by atoms with Gasteiger partial charge in [-0.3, -0.25) is 4.79 Å². The van der Waals surface area contributed by atoms with Gasteiger partial charge in [-0.1, -0.05) is 12.8 Å². The van der Waals surface area contributed by atoms with Gasteiger partial charge in [-0.05, 0) is 12.8 Å². The number of amides is 1. The maximum atomic E-state index is 11.8. The summed E-state index contributed by atoms with van der Waals surface area (Å²) in [5.74, 6) is 0.0513. The fourth-order valence-corrected chi connectivity index (χ4v) is 1.90. The van der Waals surface area contributed by atoms with Crippen molar-refractivity contribution in [2.24, 2.45) is 11.5 Å². The van der Waals surface area contributed by atoms with Crippen molar-refractivity contribution in [3.05, 3.63) is 0 Å². The first kappa shape index (κ1) is 10.5. The van der Waals surface area contributed by atoms with E-state index in [1.807, 2.05) is 0 Å². The smallest absolute Gasteiger partial charge is 0.242 e. The van der Waals surface area contributed by atoms with Crippen molar-refractivity contribution in [1.82, 2.24) is 4.90 Å². The average molecular weight is 185 g/mol. The summed E-state index contributed by atoms with van der Waals surface area (Å²) in [7, 11) is 1.77. The van der Waals surface area contributed by atoms with Gasteiger partial charge in [0.2, 0.25) is 5.91 Å². The van der Waals surface area contributed by atoms with Crippen molar-refractivity contribution in [1.29, 1.82) is 0 Å². The molecule has 4 N–H and O–H groups in total. The molecule has 1 fully saturated rings. The molecule has 0 spiro atoms. The Hall–Kier alpha value is -0.610. The van der Waals surface area contributed by atoms with Gasteiger partial charge >= 0.3 is 0 Å². The molecule has 0 aromatic carbocycles. The lowest BCUT2D eigenvalue weighted by Gasteiger charge is -2.28. The van der Waals surface area contributed by atoms with Gasteiger partial charge in [0.25, 0.3) is 0 Å². The van der Waals surface area contributed by atoms with E-state index in [9.17, 15) is 4.79 Å². The minimum atomic E-state index is -0.593. The molecule has 1 aliphatic carbocycles. The number of carbonyl (C=O) groups excluding carboxylic acids is 1. The number of rotatable bonds is 3. The van der Waals surface area contributed by atoms with Gasteiger partial charge in [0.05, 0.1) is 5.54 Å². The first-order valence-electron chi connectivity index (χ1n) is 4.85. The van der Waals surface area contributed by atoms with Gasteiger partial charge in [-0.15, -0.1) is 0 Å². The lowest BCUT2D eigenvalue weighted by Crippen LogP contribution is -2.53. The van der Waals surface area contributed by atoms with Crippen LogP contribution < -0.4 is 11.5 Å². The summed E-state index contributed by atoms with van der Waals surface area (Å²) in [6, 6.07) is 0. The molecule has 0 unspecified atom stereocenters. The molecular weight excluding hydrogens is 166 g/mol. The van der Waals surface area contributed by atoms with Gasteiger partial charge in [0.1, 0.15) is 0 Å². The van der Waals surface area contributed by atoms with E-state index in [0.717, 1.165) is 25.7 Å². The Balaban J connectivity index is 2.54. The molecule has 0 saturated heterocycles. The highest BCUT2D eigenvalue weighted by Crippen LogP contribution is 2.28. The van der Waals surface area contributed by atoms with Gasteiger partial charge in [0.15, 0.2) is 0 Å². The number of carbonyl (C=O) groups is 1. The van der Waals surface area contributed by atoms with Crippen molar-refractivity contribution in [2.45, 2.75) is 31.2 Å². The predicted molar refractivity (Wildman–Crippen MR) is 52.1 cm³/mol. The number of likely N-dealkylation sites (N-methyl/N-ethyl adjacent to an activating group) is 1. The Morgan fingerprint density at radius 1 is 1.46 bits per heavy atom. The quantitative estimate of drug-likeness (QED) is 0.632. The third-order valence-corrected chi connectivity index (χ3v) is 2.73. The molecular formula is C9H19N3O. The molecule has 0 heterocycles. The first-order valence-corrected chi connectivity index (χ1v) is 4.85. The summed E-state index contributed by atoms with van der Waals surface area (Å²) in [6.45, 7) is 1.09. The van der Waals surface area contributed by atoms with Crippen LogP contribution in [-0.4, -0.2) is 36.5 Å². The van der Waals surface area contributed by atoms with Gasteiger partial charge in [-0.25, -0.2) is 0 Å². The van der Waals surface area contributed by atoms with Crippen LogP contribution >= 0.6 is 0 Å². The number of hydrogen-bond acceptors (Lipinski definition) is 3. The van der Waals surface area contributed by atoms with E-state index in [1.54, 1.807) is 11.9 Å². The van der Waals surface area contributed by atoms with E-state index in [1.165, 1.54) is 0 Å². The molecule has 0 radical (unpaired) electrons. The zero-order chi connectivity index (χ0) is 9.90. The van der Waals surface area contributed by atoms with Crippen LogP contribution in [-0.2, 0) is 4.79 Å². The van der Waals surface area contributed by atoms with Crippen molar-refractivity contribution in [3.63, 3.8) is 0 Å². The molecule has 0 aromatic heterocycles. The van der Waals surface area contributed by atoms with Crippen LogP contribution in [0.3, 0.4) is 0 Å². The Morgan fingerprint density at radius 3 is 2.46 bits per heavy atom. The highest BCUT2D eigenvalue weighted by atomic mass is 16.2. The monoisotopic (exact) mass is 185 g/mol. The van der Waals surface area contributed by atoms with Crippen LogP contribution in [0.2, 0.25) is 0 Å². The van der Waals surface area contributed by atoms with E-state index >= 15 is 0 Å². The molecule has 1 saturated carbocycles. The maximum absolute atomic E-state index is 11.8. The summed E-state index contributed by atoms with van der Waals surface area (Å²) >= 11 is 0. The Morgan fingerprint density at radius 2 is 2.00 bits per heavy atom. The molecule has 1 amide bonds. The van der Waals surface area contributed by atoms with Crippen LogP contribution in [0, 0.1) is 0 Å². The maximum Gasteiger partial charge on any atom is 0.242 e. The summed E-state index contributed by atoms with van der Waals surface area (Å²) in [4.78, 5) is 13.4. The van der Waals surface area contributed by atoms with Crippen molar-refractivity contribution in [3.8, 4) is 0 Å². The van der Waals surface area contributed by atoms with Crippen molar-refractivity contribution < 1.29 is 4.79 Å². The van der Waals surface area contributed by atoms with Crippen LogP contribution in [0.25, 0.3) is 0 Å². The Labute approximate surface area is 79.3 Å². The lowest BCUT2D eigenvalue weighted by atomic mass is 9.97. The molecule has 1 aliphatic rings. The van der Waals surface area contributed by atoms with Gasteiger partial charge in [-0.2, -0.15) is 0 Å². The van der Waals surface area contributed by atoms with Crippen LogP contribution in [0.5, 0.6) is 0 Å². The molecule has 4 heteroatoms. The SMILES string of the molecule is CN(CCN)C(=O)C1(N)CCCC1. The second kappa shape index (κ2) is 4.07. The molecule has 4 nitrogen and oxygen atoms in total. The molecule has 0 bridgehead atoms. The third-order valence-electron chi connectivity index (χ3n) is 2.73. The van der Waals surface area contributed by atoms with E-state index in [2.05, 4.69) is 0 Å². The first-order chi connectivity index (χ1) is 6.10. The van der Waals surface area contributed by atoms with Crippen LogP contribution in [0.4, 0.5) is 0 Å². The van der Waals surface area contributed by atoms with Crippen LogP contribution in [0.15, 0.2) is 0 Å². The zero-order valence-corrected chi connectivity index (χ0v) is 8.25. The summed E-state index contributed by atoms with van der Waals surface area (Å²) < 4.78 is 0. The predicted octanol–water partition coefficient (Wildman–Crippen LogP) is -0.325. The number of nitrogens with two attached hydrogens (primary N) is 2. The van der Waals surface area contributed by atoms with E-state index in [4.69, 9.17) is 11.5 Å². The number of nitrogens with zero attached hydrogens (tertiary/aromatic N) is 1. The molecule has 0 aliphatic heterocycles. The molecule has 1 rings (SSSR count). The molecule has 0 aromatic rings. The van der Waals surface area contributed by atoms with E-state index < -0.39 is 5.54 Å². The van der Waals surface area contributed by atoms with E-state index in [0.29, 0.717) is 13.1 Å². The summed E-state index contributed by atoms with van der Waals surface area (Å²) in [5, 5.41) is 0. The van der Waals surface area contributed by atoms with Gasteiger partial charge < -0.3 is 16.4 Å². The highest BCUT2D eigenvalue weighted by molar-refractivity contribution is 5.86. The van der Waals surface area contributed by atoms with Crippen LogP contribution in [0.1, 0.15) is 25.7 Å². The van der Waals surface area contributed by atoms with Crippen molar-refractivity contribution >= 4 is 5.91 Å². The largest absolute Gasteiger partial charge is 0.343 e. The fourth-order valence-electron chi connectivity index (χ4n) is 1.90. The Kier molecular flexibility index (Phi) is 3.27. The highest BCUT2D eigenvalue weighted by Gasteiger charge is 2.38. The second-order valence-corrected chi connectivity index (χ2v) is 3.88. The van der Waals surface area contributed by atoms with Gasteiger partial charge in [0, 0.05) is 20.1 Å². The standard InChI is InChI=1S/C9H19N3O/c1-12(7-6-10)8(13)9(11)4-2-3-5-9/h2-7,10-11H2,1H3. The zero-order valence-electron chi connectivity index (χ0n) is 8.25. The van der Waals surface area contributed by atoms with Crippen molar-refractivity contribution in [2.75, 3.05) is 20.1 Å². The average Bonchev–Trinajstić information content (AvgIpc) is 2.52. The second-order valence-electron chi connectivity index (χ2n) is 3.88. The molecule has 76 valence electrons. The minimum Gasteiger partial charge on any atom is -0.343 e. The normalized spacial score (nSPS) is 20.2. The summed E-state index contributed by atoms with van der Waals surface area (Å²) in [5.41, 5.74) is 10.8. The molecule has 0 atom stereocenters. The summed E-state index contributed by atoms with van der Waals surface area (Å²) in [6.07, 6.45) is 3.78. The fraction of sp³-hybridized carbons (Fsp3) is 0.889. The number of hydrogen-bond donors (Lipinski definition) is 2. The lowest BCUT2D eigenvalue weighted by molar-refractivity contribution is -0.135. The third kappa shape index (κ3) is 2.19. The Bertz CT molecular complexity index is 187. The van der Waals surface area contributed by atoms with E-state index in [-0.39, 0.29) is 5.91 Å². The molecule has 13 heavy (non-hydrogen) atoms. The minimum absolute atomic E-state index is 0.0513.